The lowest BCUT2D eigenvalue weighted by Crippen LogP contribution is -2.19. The molecule has 0 radical (unpaired) electrons. The molecular formula is C14H19N3O3S. The minimum Gasteiger partial charge on any atom is -0.481 e. The number of carboxylic acids is 1. The molecule has 114 valence electrons. The molecule has 0 amide bonds. The summed E-state index contributed by atoms with van der Waals surface area (Å²) in [6, 6.07) is 1.87. The predicted molar refractivity (Wildman–Crippen MR) is 79.6 cm³/mol. The van der Waals surface area contributed by atoms with E-state index in [1.54, 1.807) is 6.20 Å². The minimum absolute atomic E-state index is 0.0154. The molecule has 0 saturated carbocycles. The van der Waals surface area contributed by atoms with Crippen LogP contribution in [0.5, 0.6) is 0 Å². The number of nitrogens with zero attached hydrogens (tertiary/aromatic N) is 3. The molecule has 0 aliphatic carbocycles. The lowest BCUT2D eigenvalue weighted by atomic mass is 9.92. The van der Waals surface area contributed by atoms with Gasteiger partial charge in [-0.05, 0) is 6.92 Å². The van der Waals surface area contributed by atoms with Gasteiger partial charge in [-0.1, -0.05) is 37.7 Å². The van der Waals surface area contributed by atoms with Crippen molar-refractivity contribution in [3.63, 3.8) is 0 Å². The fourth-order valence-corrected chi connectivity index (χ4v) is 2.70. The maximum atomic E-state index is 10.8. The highest BCUT2D eigenvalue weighted by atomic mass is 32.2. The van der Waals surface area contributed by atoms with Gasteiger partial charge in [0, 0.05) is 23.4 Å². The summed E-state index contributed by atoms with van der Waals surface area (Å²) in [7, 11) is 0. The number of aryl methyl sites for hydroxylation is 1. The average Bonchev–Trinajstić information content (AvgIpc) is 2.93. The van der Waals surface area contributed by atoms with Crippen molar-refractivity contribution in [2.24, 2.45) is 0 Å². The molecule has 21 heavy (non-hydrogen) atoms. The van der Waals surface area contributed by atoms with E-state index in [0.29, 0.717) is 11.7 Å². The van der Waals surface area contributed by atoms with Crippen molar-refractivity contribution in [3.8, 4) is 0 Å². The molecule has 6 nitrogen and oxygen atoms in total. The van der Waals surface area contributed by atoms with E-state index in [2.05, 4.69) is 30.9 Å². The van der Waals surface area contributed by atoms with Crippen molar-refractivity contribution >= 4 is 17.7 Å². The van der Waals surface area contributed by atoms with Gasteiger partial charge in [-0.3, -0.25) is 4.79 Å². The van der Waals surface area contributed by atoms with Crippen LogP contribution >= 0.6 is 11.8 Å². The number of aliphatic carboxylic acids is 1. The quantitative estimate of drug-likeness (QED) is 0.855. The fourth-order valence-electron chi connectivity index (χ4n) is 2.01. The van der Waals surface area contributed by atoms with E-state index in [4.69, 9.17) is 9.63 Å². The number of imidazole rings is 1. The first-order chi connectivity index (χ1) is 9.77. The Morgan fingerprint density at radius 2 is 2.19 bits per heavy atom. The Hall–Kier alpha value is -1.76. The Balaban J connectivity index is 2.33. The van der Waals surface area contributed by atoms with Crippen molar-refractivity contribution < 1.29 is 14.4 Å². The van der Waals surface area contributed by atoms with Crippen LogP contribution in [0.25, 0.3) is 0 Å². The van der Waals surface area contributed by atoms with Crippen LogP contribution in [0.2, 0.25) is 0 Å². The molecule has 0 bridgehead atoms. The van der Waals surface area contributed by atoms with E-state index in [1.807, 2.05) is 17.6 Å². The first-order valence-corrected chi connectivity index (χ1v) is 7.58. The highest BCUT2D eigenvalue weighted by Gasteiger charge is 2.23. The Bertz CT molecular complexity index is 640. The van der Waals surface area contributed by atoms with Crippen LogP contribution in [0.4, 0.5) is 0 Å². The van der Waals surface area contributed by atoms with E-state index < -0.39 is 5.97 Å². The van der Waals surface area contributed by atoms with Crippen LogP contribution in [0.15, 0.2) is 21.9 Å². The number of carbonyl (C=O) groups is 1. The van der Waals surface area contributed by atoms with Gasteiger partial charge in [0.2, 0.25) is 0 Å². The molecule has 0 aromatic carbocycles. The molecule has 0 aliphatic heterocycles. The lowest BCUT2D eigenvalue weighted by Gasteiger charge is -2.21. The largest absolute Gasteiger partial charge is 0.481 e. The average molecular weight is 309 g/mol. The summed E-state index contributed by atoms with van der Waals surface area (Å²) in [5.41, 5.74) is 1.75. The van der Waals surface area contributed by atoms with Crippen molar-refractivity contribution in [2.45, 2.75) is 44.8 Å². The molecule has 0 fully saturated rings. The van der Waals surface area contributed by atoms with Crippen LogP contribution < -0.4 is 0 Å². The Kier molecular flexibility index (Phi) is 4.41. The third-order valence-electron chi connectivity index (χ3n) is 2.91. The third kappa shape index (κ3) is 3.87. The standard InChI is InChI=1S/C14H19N3O3S/c1-9-5-10(16-20-9)7-17-11(14(2,3)4)6-15-13(17)21-8-12(18)19/h5-6H,7-8H2,1-4H3,(H,18,19). The molecule has 0 atom stereocenters. The second-order valence-corrected chi connectivity index (χ2v) is 6.82. The summed E-state index contributed by atoms with van der Waals surface area (Å²) < 4.78 is 7.10. The first kappa shape index (κ1) is 15.6. The molecule has 7 heteroatoms. The first-order valence-electron chi connectivity index (χ1n) is 6.60. The van der Waals surface area contributed by atoms with Gasteiger partial charge in [0.1, 0.15) is 11.5 Å². The molecule has 0 unspecified atom stereocenters. The third-order valence-corrected chi connectivity index (χ3v) is 3.88. The van der Waals surface area contributed by atoms with E-state index in [-0.39, 0.29) is 11.2 Å². The maximum Gasteiger partial charge on any atom is 0.313 e. The summed E-state index contributed by atoms with van der Waals surface area (Å²) >= 11 is 1.21. The molecular weight excluding hydrogens is 290 g/mol. The molecule has 0 saturated heterocycles. The predicted octanol–water partition coefficient (Wildman–Crippen LogP) is 2.70. The molecule has 1 N–H and O–H groups in total. The van der Waals surface area contributed by atoms with Crippen LogP contribution in [-0.4, -0.2) is 31.5 Å². The van der Waals surface area contributed by atoms with Crippen molar-refractivity contribution in [2.75, 3.05) is 5.75 Å². The topological polar surface area (TPSA) is 81.2 Å². The molecule has 2 rings (SSSR count). The number of rotatable bonds is 5. The SMILES string of the molecule is Cc1cc(Cn2c(C(C)(C)C)cnc2SCC(=O)O)no1. The van der Waals surface area contributed by atoms with Crippen molar-refractivity contribution in [3.05, 3.63) is 29.4 Å². The van der Waals surface area contributed by atoms with E-state index in [1.165, 1.54) is 11.8 Å². The highest BCUT2D eigenvalue weighted by Crippen LogP contribution is 2.28. The summed E-state index contributed by atoms with van der Waals surface area (Å²) in [4.78, 5) is 15.1. The van der Waals surface area contributed by atoms with E-state index >= 15 is 0 Å². The van der Waals surface area contributed by atoms with E-state index in [9.17, 15) is 4.79 Å². The zero-order valence-electron chi connectivity index (χ0n) is 12.6. The van der Waals surface area contributed by atoms with Gasteiger partial charge in [0.25, 0.3) is 0 Å². The molecule has 0 aliphatic rings. The molecule has 2 aromatic heterocycles. The lowest BCUT2D eigenvalue weighted by molar-refractivity contribution is -0.133. The maximum absolute atomic E-state index is 10.8. The van der Waals surface area contributed by atoms with Crippen LogP contribution in [-0.2, 0) is 16.8 Å². The van der Waals surface area contributed by atoms with Crippen LogP contribution in [0.3, 0.4) is 0 Å². The molecule has 2 aromatic rings. The number of hydrogen-bond acceptors (Lipinski definition) is 5. The van der Waals surface area contributed by atoms with E-state index in [0.717, 1.165) is 17.1 Å². The normalized spacial score (nSPS) is 11.8. The summed E-state index contributed by atoms with van der Waals surface area (Å²) in [6.07, 6.45) is 1.80. The van der Waals surface area contributed by atoms with Gasteiger partial charge in [-0.2, -0.15) is 0 Å². The Labute approximate surface area is 127 Å². The van der Waals surface area contributed by atoms with Gasteiger partial charge in [-0.25, -0.2) is 4.98 Å². The zero-order valence-corrected chi connectivity index (χ0v) is 13.4. The molecule has 0 spiro atoms. The van der Waals surface area contributed by atoms with Crippen molar-refractivity contribution in [1.29, 1.82) is 0 Å². The number of carboxylic acid groups (broad SMARTS) is 1. The summed E-state index contributed by atoms with van der Waals surface area (Å²) in [5, 5.41) is 13.5. The monoisotopic (exact) mass is 309 g/mol. The van der Waals surface area contributed by atoms with Gasteiger partial charge < -0.3 is 14.2 Å². The molecule has 2 heterocycles. The number of hydrogen-bond donors (Lipinski definition) is 1. The summed E-state index contributed by atoms with van der Waals surface area (Å²) in [5.74, 6) is -0.121. The Morgan fingerprint density at radius 1 is 1.48 bits per heavy atom. The smallest absolute Gasteiger partial charge is 0.313 e. The second kappa shape index (κ2) is 5.93. The zero-order chi connectivity index (χ0) is 15.6. The minimum atomic E-state index is -0.857. The van der Waals surface area contributed by atoms with Crippen LogP contribution in [0.1, 0.15) is 37.9 Å². The van der Waals surface area contributed by atoms with Crippen molar-refractivity contribution in [1.82, 2.24) is 14.7 Å². The van der Waals surface area contributed by atoms with Gasteiger partial charge in [-0.15, -0.1) is 0 Å². The van der Waals surface area contributed by atoms with Crippen LogP contribution in [0, 0.1) is 6.92 Å². The number of aromatic nitrogens is 3. The highest BCUT2D eigenvalue weighted by molar-refractivity contribution is 7.99. The van der Waals surface area contributed by atoms with Gasteiger partial charge >= 0.3 is 5.97 Å². The summed E-state index contributed by atoms with van der Waals surface area (Å²) in [6.45, 7) is 8.65. The Morgan fingerprint density at radius 3 is 2.71 bits per heavy atom. The number of thioether (sulfide) groups is 1. The second-order valence-electron chi connectivity index (χ2n) is 5.87. The van der Waals surface area contributed by atoms with Gasteiger partial charge in [0.05, 0.1) is 12.3 Å². The fraction of sp³-hybridized carbons (Fsp3) is 0.500. The van der Waals surface area contributed by atoms with Gasteiger partial charge in [0.15, 0.2) is 5.16 Å².